The predicted molar refractivity (Wildman–Crippen MR) is 121 cm³/mol. The summed E-state index contributed by atoms with van der Waals surface area (Å²) in [4.78, 5) is 16.8. The monoisotopic (exact) mass is 452 g/mol. The Hall–Kier alpha value is -3.56. The highest BCUT2D eigenvalue weighted by atomic mass is 32.2. The lowest BCUT2D eigenvalue weighted by Crippen LogP contribution is -2.30. The number of carbonyl (C=O) groups is 1. The van der Waals surface area contributed by atoms with Gasteiger partial charge in [0.05, 0.1) is 21.5 Å². The molecule has 0 saturated heterocycles. The first-order valence-corrected chi connectivity index (χ1v) is 11.4. The third kappa shape index (κ3) is 4.39. The molecule has 0 aliphatic rings. The Morgan fingerprint density at radius 3 is 2.47 bits per heavy atom. The van der Waals surface area contributed by atoms with Crippen LogP contribution in [0, 0.1) is 5.82 Å². The molecule has 0 aliphatic heterocycles. The average Bonchev–Trinajstić information content (AvgIpc) is 3.17. The molecule has 0 radical (unpaired) electrons. The van der Waals surface area contributed by atoms with Crippen LogP contribution in [0.1, 0.15) is 24.2 Å². The van der Waals surface area contributed by atoms with Crippen molar-refractivity contribution in [2.24, 2.45) is 0 Å². The van der Waals surface area contributed by atoms with Crippen molar-refractivity contribution in [3.63, 3.8) is 0 Å². The maximum Gasteiger partial charge on any atom is 0.258 e. The number of anilines is 1. The van der Waals surface area contributed by atoms with Gasteiger partial charge in [0.25, 0.3) is 5.91 Å². The zero-order valence-electron chi connectivity index (χ0n) is 17.4. The van der Waals surface area contributed by atoms with Gasteiger partial charge >= 0.3 is 0 Å². The van der Waals surface area contributed by atoms with E-state index in [9.17, 15) is 17.6 Å². The number of aromatic nitrogens is 2. The SMILES string of the molecule is CC(C)NS(=O)(=O)c1ccc(F)c(C(=O)Nc2ccc(-n3cnc4ccccc43)cc2)c1. The molecule has 0 fully saturated rings. The van der Waals surface area contributed by atoms with Gasteiger partial charge in [-0.15, -0.1) is 0 Å². The highest BCUT2D eigenvalue weighted by Gasteiger charge is 2.20. The molecule has 164 valence electrons. The summed E-state index contributed by atoms with van der Waals surface area (Å²) in [6.45, 7) is 3.34. The lowest BCUT2D eigenvalue weighted by Gasteiger charge is -2.12. The lowest BCUT2D eigenvalue weighted by molar-refractivity contribution is 0.102. The molecule has 3 aromatic carbocycles. The van der Waals surface area contributed by atoms with Crippen molar-refractivity contribution in [1.82, 2.24) is 14.3 Å². The van der Waals surface area contributed by atoms with Gasteiger partial charge in [-0.2, -0.15) is 0 Å². The van der Waals surface area contributed by atoms with E-state index in [1.165, 1.54) is 0 Å². The minimum Gasteiger partial charge on any atom is -0.322 e. The Kier molecular flexibility index (Phi) is 5.77. The summed E-state index contributed by atoms with van der Waals surface area (Å²) in [7, 11) is -3.86. The number of imidazole rings is 1. The van der Waals surface area contributed by atoms with Crippen LogP contribution < -0.4 is 10.0 Å². The van der Waals surface area contributed by atoms with E-state index >= 15 is 0 Å². The van der Waals surface area contributed by atoms with Gasteiger partial charge in [-0.3, -0.25) is 9.36 Å². The first-order chi connectivity index (χ1) is 15.2. The van der Waals surface area contributed by atoms with Crippen LogP contribution in [0.5, 0.6) is 0 Å². The molecule has 0 aliphatic carbocycles. The predicted octanol–water partition coefficient (Wildman–Crippen LogP) is 4.10. The van der Waals surface area contributed by atoms with Crippen LogP contribution in [0.3, 0.4) is 0 Å². The number of fused-ring (bicyclic) bond motifs is 1. The van der Waals surface area contributed by atoms with Gasteiger partial charge in [0, 0.05) is 17.4 Å². The van der Waals surface area contributed by atoms with Gasteiger partial charge in [0.1, 0.15) is 12.1 Å². The third-order valence-electron chi connectivity index (χ3n) is 4.74. The van der Waals surface area contributed by atoms with E-state index in [0.29, 0.717) is 5.69 Å². The first kappa shape index (κ1) is 21.7. The van der Waals surface area contributed by atoms with Crippen LogP contribution in [-0.4, -0.2) is 29.9 Å². The number of hydrogen-bond donors (Lipinski definition) is 2. The number of amides is 1. The molecule has 1 heterocycles. The van der Waals surface area contributed by atoms with E-state index in [-0.39, 0.29) is 16.5 Å². The van der Waals surface area contributed by atoms with Crippen LogP contribution in [0.25, 0.3) is 16.7 Å². The molecule has 4 rings (SSSR count). The fourth-order valence-electron chi connectivity index (χ4n) is 3.29. The van der Waals surface area contributed by atoms with E-state index < -0.39 is 21.7 Å². The number of benzene rings is 3. The van der Waals surface area contributed by atoms with E-state index in [1.54, 1.807) is 44.4 Å². The molecular formula is C23H21FN4O3S. The Labute approximate surface area is 185 Å². The van der Waals surface area contributed by atoms with Crippen LogP contribution in [-0.2, 0) is 10.0 Å². The average molecular weight is 453 g/mol. The normalized spacial score (nSPS) is 11.8. The summed E-state index contributed by atoms with van der Waals surface area (Å²) in [6, 6.07) is 17.5. The van der Waals surface area contributed by atoms with Crippen molar-refractivity contribution in [2.75, 3.05) is 5.32 Å². The van der Waals surface area contributed by atoms with Gasteiger partial charge < -0.3 is 5.32 Å². The zero-order chi connectivity index (χ0) is 22.9. The van der Waals surface area contributed by atoms with E-state index in [1.807, 2.05) is 28.8 Å². The maximum atomic E-state index is 14.3. The summed E-state index contributed by atoms with van der Waals surface area (Å²) in [5.74, 6) is -1.56. The molecule has 0 spiro atoms. The van der Waals surface area contributed by atoms with Crippen molar-refractivity contribution in [2.45, 2.75) is 24.8 Å². The van der Waals surface area contributed by atoms with Crippen molar-refractivity contribution in [3.8, 4) is 5.69 Å². The molecule has 1 aromatic heterocycles. The highest BCUT2D eigenvalue weighted by Crippen LogP contribution is 2.21. The molecule has 0 unspecified atom stereocenters. The lowest BCUT2D eigenvalue weighted by atomic mass is 10.2. The molecule has 9 heteroatoms. The zero-order valence-corrected chi connectivity index (χ0v) is 18.2. The quantitative estimate of drug-likeness (QED) is 0.461. The Bertz CT molecular complexity index is 1400. The molecule has 0 bridgehead atoms. The smallest absolute Gasteiger partial charge is 0.258 e. The summed E-state index contributed by atoms with van der Waals surface area (Å²) < 4.78 is 43.3. The number of nitrogens with one attached hydrogen (secondary N) is 2. The molecular weight excluding hydrogens is 431 g/mol. The van der Waals surface area contributed by atoms with Gasteiger partial charge in [0.2, 0.25) is 10.0 Å². The largest absolute Gasteiger partial charge is 0.322 e. The minimum atomic E-state index is -3.86. The van der Waals surface area contributed by atoms with E-state index in [2.05, 4.69) is 15.0 Å². The highest BCUT2D eigenvalue weighted by molar-refractivity contribution is 7.89. The second-order valence-electron chi connectivity index (χ2n) is 7.52. The second kappa shape index (κ2) is 8.52. The number of rotatable bonds is 6. The Morgan fingerprint density at radius 2 is 1.75 bits per heavy atom. The van der Waals surface area contributed by atoms with Crippen LogP contribution in [0.2, 0.25) is 0 Å². The van der Waals surface area contributed by atoms with Gasteiger partial charge in [0.15, 0.2) is 0 Å². The summed E-state index contributed by atoms with van der Waals surface area (Å²) in [5, 5.41) is 2.61. The van der Waals surface area contributed by atoms with E-state index in [0.717, 1.165) is 34.9 Å². The number of sulfonamides is 1. The molecule has 7 nitrogen and oxygen atoms in total. The fraction of sp³-hybridized carbons (Fsp3) is 0.130. The van der Waals surface area contributed by atoms with Crippen molar-refractivity contribution >= 4 is 32.7 Å². The van der Waals surface area contributed by atoms with Crippen LogP contribution in [0.4, 0.5) is 10.1 Å². The van der Waals surface area contributed by atoms with Crippen LogP contribution in [0.15, 0.2) is 78.0 Å². The minimum absolute atomic E-state index is 0.180. The number of nitrogens with zero attached hydrogens (tertiary/aromatic N) is 2. The van der Waals surface area contributed by atoms with Gasteiger partial charge in [-0.05, 0) is 68.4 Å². The molecule has 0 saturated carbocycles. The number of carbonyl (C=O) groups excluding carboxylic acids is 1. The van der Waals surface area contributed by atoms with Crippen molar-refractivity contribution in [3.05, 3.63) is 84.4 Å². The molecule has 0 atom stereocenters. The van der Waals surface area contributed by atoms with Crippen molar-refractivity contribution < 1.29 is 17.6 Å². The Morgan fingerprint density at radius 1 is 1.03 bits per heavy atom. The summed E-state index contributed by atoms with van der Waals surface area (Å²) in [6.07, 6.45) is 1.71. The summed E-state index contributed by atoms with van der Waals surface area (Å²) in [5.41, 5.74) is 2.73. The second-order valence-corrected chi connectivity index (χ2v) is 9.24. The topological polar surface area (TPSA) is 93.1 Å². The van der Waals surface area contributed by atoms with Gasteiger partial charge in [-0.25, -0.2) is 22.5 Å². The molecule has 4 aromatic rings. The summed E-state index contributed by atoms with van der Waals surface area (Å²) >= 11 is 0. The number of para-hydroxylation sites is 2. The molecule has 32 heavy (non-hydrogen) atoms. The standard InChI is InChI=1S/C23H21FN4O3S/c1-15(2)27-32(30,31)18-11-12-20(24)19(13-18)23(29)26-16-7-9-17(10-8-16)28-14-25-21-5-3-4-6-22(21)28/h3-15,27H,1-2H3,(H,26,29). The Balaban J connectivity index is 1.56. The van der Waals surface area contributed by atoms with Crippen molar-refractivity contribution in [1.29, 1.82) is 0 Å². The number of halogens is 1. The van der Waals surface area contributed by atoms with Crippen LogP contribution >= 0.6 is 0 Å². The number of hydrogen-bond acceptors (Lipinski definition) is 4. The fourth-order valence-corrected chi connectivity index (χ4v) is 4.57. The van der Waals surface area contributed by atoms with Gasteiger partial charge in [-0.1, -0.05) is 12.1 Å². The molecule has 1 amide bonds. The van der Waals surface area contributed by atoms with E-state index in [4.69, 9.17) is 0 Å². The first-order valence-electron chi connectivity index (χ1n) is 9.90. The molecule has 2 N–H and O–H groups in total. The maximum absolute atomic E-state index is 14.3. The third-order valence-corrected chi connectivity index (χ3v) is 6.40.